The fraction of sp³-hybridized carbons (Fsp3) is 0. The second kappa shape index (κ2) is 6.64. The van der Waals surface area contributed by atoms with Crippen LogP contribution in [0.25, 0.3) is 11.9 Å². The minimum absolute atomic E-state index is 0.00422. The van der Waals surface area contributed by atoms with Gasteiger partial charge < -0.3 is 4.57 Å². The third kappa shape index (κ3) is 2.92. The standard InChI is InChI=1S/C16H9Cl2N5O2S/c17-10-4-3-9(11(18)8-10)7-12-15(24)23(16(19)26-12)14-13(20-25-21-14)22-5-1-2-6-22/h1-8,19H. The lowest BCUT2D eigenvalue weighted by Gasteiger charge is -2.11. The summed E-state index contributed by atoms with van der Waals surface area (Å²) in [6, 6.07) is 8.59. The van der Waals surface area contributed by atoms with E-state index >= 15 is 0 Å². The molecule has 2 aromatic heterocycles. The summed E-state index contributed by atoms with van der Waals surface area (Å²) in [5.41, 5.74) is 0.630. The van der Waals surface area contributed by atoms with E-state index in [4.69, 9.17) is 33.2 Å². The molecule has 0 unspecified atom stereocenters. The Kier molecular flexibility index (Phi) is 4.31. The molecule has 10 heteroatoms. The number of aromatic nitrogens is 3. The Balaban J connectivity index is 1.71. The fourth-order valence-electron chi connectivity index (χ4n) is 2.40. The third-order valence-corrected chi connectivity index (χ3v) is 5.04. The maximum atomic E-state index is 12.8. The molecule has 7 nitrogen and oxygen atoms in total. The summed E-state index contributed by atoms with van der Waals surface area (Å²) in [5.74, 6) is 0.0592. The number of thioether (sulfide) groups is 1. The molecule has 130 valence electrons. The molecule has 1 aromatic carbocycles. The normalized spacial score (nSPS) is 16.1. The molecule has 1 amide bonds. The van der Waals surface area contributed by atoms with E-state index in [1.54, 1.807) is 53.4 Å². The van der Waals surface area contributed by atoms with Crippen molar-refractivity contribution in [3.8, 4) is 5.82 Å². The summed E-state index contributed by atoms with van der Waals surface area (Å²) in [7, 11) is 0. The summed E-state index contributed by atoms with van der Waals surface area (Å²) in [6.07, 6.45) is 5.10. The van der Waals surface area contributed by atoms with Crippen LogP contribution in [-0.2, 0) is 4.79 Å². The second-order valence-corrected chi connectivity index (χ2v) is 7.10. The Morgan fingerprint density at radius 2 is 1.88 bits per heavy atom. The molecule has 3 heterocycles. The summed E-state index contributed by atoms with van der Waals surface area (Å²) in [4.78, 5) is 14.3. The van der Waals surface area contributed by atoms with Crippen LogP contribution in [0.3, 0.4) is 0 Å². The molecule has 0 bridgehead atoms. The molecule has 1 aliphatic heterocycles. The maximum Gasteiger partial charge on any atom is 0.272 e. The van der Waals surface area contributed by atoms with Gasteiger partial charge in [0.1, 0.15) is 0 Å². The topological polar surface area (TPSA) is 88.0 Å². The van der Waals surface area contributed by atoms with E-state index < -0.39 is 5.91 Å². The quantitative estimate of drug-likeness (QED) is 0.658. The molecular weight excluding hydrogens is 397 g/mol. The average molecular weight is 406 g/mol. The summed E-state index contributed by atoms with van der Waals surface area (Å²) in [6.45, 7) is 0. The van der Waals surface area contributed by atoms with Crippen molar-refractivity contribution < 1.29 is 9.42 Å². The fourth-order valence-corrected chi connectivity index (χ4v) is 3.69. The Hall–Kier alpha value is -2.55. The van der Waals surface area contributed by atoms with Crippen molar-refractivity contribution in [1.82, 2.24) is 14.9 Å². The predicted octanol–water partition coefficient (Wildman–Crippen LogP) is 4.22. The molecule has 0 saturated carbocycles. The number of halogens is 2. The van der Waals surface area contributed by atoms with Gasteiger partial charge in [0.2, 0.25) is 11.6 Å². The van der Waals surface area contributed by atoms with Crippen molar-refractivity contribution in [2.24, 2.45) is 0 Å². The van der Waals surface area contributed by atoms with Gasteiger partial charge in [0, 0.05) is 22.4 Å². The Morgan fingerprint density at radius 1 is 1.15 bits per heavy atom. The van der Waals surface area contributed by atoms with Crippen LogP contribution in [-0.4, -0.2) is 26.0 Å². The van der Waals surface area contributed by atoms with Gasteiger partial charge in [-0.3, -0.25) is 10.2 Å². The van der Waals surface area contributed by atoms with Gasteiger partial charge >= 0.3 is 0 Å². The van der Waals surface area contributed by atoms with E-state index in [2.05, 4.69) is 10.3 Å². The van der Waals surface area contributed by atoms with Crippen LogP contribution in [0.5, 0.6) is 0 Å². The highest BCUT2D eigenvalue weighted by molar-refractivity contribution is 8.19. The van der Waals surface area contributed by atoms with Gasteiger partial charge in [-0.05, 0) is 58.0 Å². The van der Waals surface area contributed by atoms with Gasteiger partial charge in [-0.2, -0.15) is 0 Å². The molecule has 1 N–H and O–H groups in total. The van der Waals surface area contributed by atoms with Crippen LogP contribution in [0.2, 0.25) is 10.0 Å². The van der Waals surface area contributed by atoms with Gasteiger partial charge in [0.15, 0.2) is 5.17 Å². The number of rotatable bonds is 3. The SMILES string of the molecule is N=C1SC(=Cc2ccc(Cl)cc2Cl)C(=O)N1c1nonc1-n1cccc1. The Labute approximate surface area is 161 Å². The lowest BCUT2D eigenvalue weighted by molar-refractivity contribution is -0.113. The van der Waals surface area contributed by atoms with E-state index in [9.17, 15) is 4.79 Å². The first-order valence-corrected chi connectivity index (χ1v) is 8.85. The first-order chi connectivity index (χ1) is 12.5. The zero-order chi connectivity index (χ0) is 18.3. The number of nitrogens with zero attached hydrogens (tertiary/aromatic N) is 4. The number of carbonyl (C=O) groups is 1. The van der Waals surface area contributed by atoms with Gasteiger partial charge in [-0.1, -0.05) is 29.3 Å². The van der Waals surface area contributed by atoms with Crippen LogP contribution in [0.1, 0.15) is 5.56 Å². The highest BCUT2D eigenvalue weighted by Gasteiger charge is 2.38. The molecule has 1 saturated heterocycles. The summed E-state index contributed by atoms with van der Waals surface area (Å²) >= 11 is 13.1. The number of anilines is 1. The van der Waals surface area contributed by atoms with Crippen molar-refractivity contribution in [3.63, 3.8) is 0 Å². The van der Waals surface area contributed by atoms with Crippen molar-refractivity contribution in [1.29, 1.82) is 5.41 Å². The molecule has 1 aliphatic rings. The van der Waals surface area contributed by atoms with E-state index in [1.807, 2.05) is 0 Å². The van der Waals surface area contributed by atoms with Crippen molar-refractivity contribution >= 4 is 57.9 Å². The van der Waals surface area contributed by atoms with Crippen molar-refractivity contribution in [2.45, 2.75) is 0 Å². The smallest absolute Gasteiger partial charge is 0.272 e. The van der Waals surface area contributed by atoms with Gasteiger partial charge in [0.05, 0.1) is 4.91 Å². The van der Waals surface area contributed by atoms with Crippen LogP contribution < -0.4 is 4.90 Å². The Morgan fingerprint density at radius 3 is 2.62 bits per heavy atom. The molecule has 3 aromatic rings. The van der Waals surface area contributed by atoms with Crippen molar-refractivity contribution in [2.75, 3.05) is 4.90 Å². The van der Waals surface area contributed by atoms with Gasteiger partial charge in [-0.25, -0.2) is 9.53 Å². The Bertz CT molecular complexity index is 1040. The van der Waals surface area contributed by atoms with Gasteiger partial charge in [0.25, 0.3) is 5.91 Å². The molecule has 1 fully saturated rings. The van der Waals surface area contributed by atoms with Crippen LogP contribution in [0.4, 0.5) is 5.82 Å². The monoisotopic (exact) mass is 405 g/mol. The molecule has 4 rings (SSSR count). The lowest BCUT2D eigenvalue weighted by atomic mass is 10.2. The highest BCUT2D eigenvalue weighted by atomic mass is 35.5. The number of amidine groups is 1. The molecule has 0 aliphatic carbocycles. The lowest BCUT2D eigenvalue weighted by Crippen LogP contribution is -2.29. The maximum absolute atomic E-state index is 12.8. The molecule has 0 radical (unpaired) electrons. The van der Waals surface area contributed by atoms with Crippen LogP contribution in [0, 0.1) is 5.41 Å². The first-order valence-electron chi connectivity index (χ1n) is 7.28. The van der Waals surface area contributed by atoms with Crippen molar-refractivity contribution in [3.05, 3.63) is 63.2 Å². The predicted molar refractivity (Wildman–Crippen MR) is 101 cm³/mol. The first kappa shape index (κ1) is 16.9. The van der Waals surface area contributed by atoms with E-state index in [-0.39, 0.29) is 11.0 Å². The number of hydrogen-bond acceptors (Lipinski definition) is 6. The van der Waals surface area contributed by atoms with Crippen LogP contribution in [0.15, 0.2) is 52.3 Å². The number of nitrogens with one attached hydrogen (secondary N) is 1. The second-order valence-electron chi connectivity index (χ2n) is 5.22. The summed E-state index contributed by atoms with van der Waals surface area (Å²) in [5, 5.41) is 16.7. The average Bonchev–Trinajstić information content (AvgIpc) is 3.31. The highest BCUT2D eigenvalue weighted by Crippen LogP contribution is 2.37. The molecular formula is C16H9Cl2N5O2S. The van der Waals surface area contributed by atoms with Crippen LogP contribution >= 0.6 is 35.0 Å². The number of amides is 1. The minimum Gasteiger partial charge on any atom is -0.303 e. The third-order valence-electron chi connectivity index (χ3n) is 3.59. The molecule has 0 spiro atoms. The molecule has 26 heavy (non-hydrogen) atoms. The largest absolute Gasteiger partial charge is 0.303 e. The number of hydrogen-bond donors (Lipinski definition) is 1. The van der Waals surface area contributed by atoms with Gasteiger partial charge in [-0.15, -0.1) is 0 Å². The number of benzene rings is 1. The number of carbonyl (C=O) groups excluding carboxylic acids is 1. The van der Waals surface area contributed by atoms with E-state index in [1.165, 1.54) is 0 Å². The zero-order valence-electron chi connectivity index (χ0n) is 12.9. The zero-order valence-corrected chi connectivity index (χ0v) is 15.2. The molecule has 0 atom stereocenters. The van der Waals surface area contributed by atoms with E-state index in [0.29, 0.717) is 26.3 Å². The minimum atomic E-state index is -0.407. The summed E-state index contributed by atoms with van der Waals surface area (Å²) < 4.78 is 6.44. The van der Waals surface area contributed by atoms with E-state index in [0.717, 1.165) is 16.7 Å².